The van der Waals surface area contributed by atoms with Crippen LogP contribution >= 0.6 is 0 Å². The van der Waals surface area contributed by atoms with Crippen molar-refractivity contribution in [2.75, 3.05) is 13.6 Å². The van der Waals surface area contributed by atoms with Crippen molar-refractivity contribution in [3.8, 4) is 0 Å². The molecule has 0 saturated carbocycles. The lowest BCUT2D eigenvalue weighted by Crippen LogP contribution is -2.34. The van der Waals surface area contributed by atoms with Crippen molar-refractivity contribution in [3.63, 3.8) is 0 Å². The highest BCUT2D eigenvalue weighted by Gasteiger charge is 1.94. The molecule has 0 spiro atoms. The number of nitrogens with one attached hydrogen (secondary N) is 2. The fraction of sp³-hybridized carbons (Fsp3) is 0.500. The molecular formula is C6H11N5O. The highest BCUT2D eigenvalue weighted by Crippen LogP contribution is 1.78. The molecule has 6 heteroatoms. The van der Waals surface area contributed by atoms with Crippen LogP contribution < -0.4 is 10.6 Å². The predicted molar refractivity (Wildman–Crippen MR) is 42.5 cm³/mol. The third-order valence-electron chi connectivity index (χ3n) is 1.33. The monoisotopic (exact) mass is 169 g/mol. The van der Waals surface area contributed by atoms with Crippen LogP contribution in [-0.2, 0) is 6.54 Å². The molecule has 1 heterocycles. The van der Waals surface area contributed by atoms with Gasteiger partial charge in [-0.1, -0.05) is 5.21 Å². The van der Waals surface area contributed by atoms with E-state index in [0.717, 1.165) is 0 Å². The van der Waals surface area contributed by atoms with E-state index in [1.165, 1.54) is 0 Å². The quantitative estimate of drug-likeness (QED) is 0.622. The van der Waals surface area contributed by atoms with Gasteiger partial charge in [0.05, 0.1) is 12.7 Å². The third-order valence-corrected chi connectivity index (χ3v) is 1.33. The fourth-order valence-corrected chi connectivity index (χ4v) is 0.724. The van der Waals surface area contributed by atoms with Gasteiger partial charge in [0.25, 0.3) is 0 Å². The maximum atomic E-state index is 10.7. The standard InChI is InChI=1S/C6H11N5O/c1-7-6(12)8-2-4-11-5-3-9-10-11/h3,5H,2,4H2,1H3,(H2,7,8,12). The van der Waals surface area contributed by atoms with Crippen LogP contribution in [0.5, 0.6) is 0 Å². The summed E-state index contributed by atoms with van der Waals surface area (Å²) in [4.78, 5) is 10.7. The molecule has 0 aliphatic carbocycles. The number of hydrogen-bond acceptors (Lipinski definition) is 3. The van der Waals surface area contributed by atoms with Crippen LogP contribution in [0.1, 0.15) is 0 Å². The van der Waals surface area contributed by atoms with Gasteiger partial charge in [-0.15, -0.1) is 5.10 Å². The van der Waals surface area contributed by atoms with Crippen LogP contribution in [0.25, 0.3) is 0 Å². The number of carbonyl (C=O) groups is 1. The number of hydrogen-bond donors (Lipinski definition) is 2. The molecule has 6 nitrogen and oxygen atoms in total. The first-order chi connectivity index (χ1) is 5.83. The second kappa shape index (κ2) is 4.32. The van der Waals surface area contributed by atoms with E-state index in [2.05, 4.69) is 20.9 Å². The molecule has 0 bridgehead atoms. The normalized spacial score (nSPS) is 9.42. The van der Waals surface area contributed by atoms with Crippen LogP contribution in [-0.4, -0.2) is 34.6 Å². The number of urea groups is 1. The zero-order valence-electron chi connectivity index (χ0n) is 6.82. The zero-order chi connectivity index (χ0) is 8.81. The molecular weight excluding hydrogens is 158 g/mol. The molecule has 0 fully saturated rings. The predicted octanol–water partition coefficient (Wildman–Crippen LogP) is -0.793. The van der Waals surface area contributed by atoms with Crippen molar-refractivity contribution in [1.82, 2.24) is 25.6 Å². The van der Waals surface area contributed by atoms with E-state index in [9.17, 15) is 4.79 Å². The van der Waals surface area contributed by atoms with Crippen molar-refractivity contribution >= 4 is 6.03 Å². The van der Waals surface area contributed by atoms with Crippen molar-refractivity contribution in [1.29, 1.82) is 0 Å². The lowest BCUT2D eigenvalue weighted by atomic mass is 10.6. The van der Waals surface area contributed by atoms with Crippen LogP contribution in [0.2, 0.25) is 0 Å². The summed E-state index contributed by atoms with van der Waals surface area (Å²) in [5.41, 5.74) is 0. The van der Waals surface area contributed by atoms with E-state index < -0.39 is 0 Å². The Bertz CT molecular complexity index is 232. The Labute approximate surface area is 69.9 Å². The van der Waals surface area contributed by atoms with Crippen molar-refractivity contribution in [2.24, 2.45) is 0 Å². The molecule has 0 aliphatic rings. The lowest BCUT2D eigenvalue weighted by molar-refractivity contribution is 0.242. The van der Waals surface area contributed by atoms with Crippen LogP contribution in [0.4, 0.5) is 4.79 Å². The molecule has 66 valence electrons. The summed E-state index contributed by atoms with van der Waals surface area (Å²) in [6.45, 7) is 1.18. The number of amides is 2. The summed E-state index contributed by atoms with van der Waals surface area (Å²) in [5.74, 6) is 0. The maximum Gasteiger partial charge on any atom is 0.314 e. The summed E-state index contributed by atoms with van der Waals surface area (Å²) in [6, 6.07) is -0.185. The number of carbonyl (C=O) groups excluding carboxylic acids is 1. The van der Waals surface area contributed by atoms with Gasteiger partial charge in [-0.2, -0.15) is 0 Å². The lowest BCUT2D eigenvalue weighted by Gasteiger charge is -2.02. The number of rotatable bonds is 3. The molecule has 0 radical (unpaired) electrons. The molecule has 2 amide bonds. The van der Waals surface area contributed by atoms with Gasteiger partial charge < -0.3 is 10.6 Å². The summed E-state index contributed by atoms with van der Waals surface area (Å²) < 4.78 is 1.65. The molecule has 2 N–H and O–H groups in total. The highest BCUT2D eigenvalue weighted by atomic mass is 16.2. The molecule has 0 saturated heterocycles. The average Bonchev–Trinajstić information content (AvgIpc) is 2.57. The van der Waals surface area contributed by atoms with Gasteiger partial charge in [0.1, 0.15) is 0 Å². The minimum absolute atomic E-state index is 0.185. The van der Waals surface area contributed by atoms with Gasteiger partial charge in [-0.05, 0) is 0 Å². The first kappa shape index (κ1) is 8.51. The Morgan fingerprint density at radius 3 is 3.08 bits per heavy atom. The molecule has 0 unspecified atom stereocenters. The average molecular weight is 169 g/mol. The number of aromatic nitrogens is 3. The first-order valence-electron chi connectivity index (χ1n) is 3.62. The van der Waals surface area contributed by atoms with E-state index in [1.807, 2.05) is 0 Å². The van der Waals surface area contributed by atoms with Gasteiger partial charge in [0.2, 0.25) is 0 Å². The van der Waals surface area contributed by atoms with Crippen LogP contribution in [0.3, 0.4) is 0 Å². The van der Waals surface area contributed by atoms with E-state index >= 15 is 0 Å². The second-order valence-corrected chi connectivity index (χ2v) is 2.17. The maximum absolute atomic E-state index is 10.7. The minimum Gasteiger partial charge on any atom is -0.341 e. The SMILES string of the molecule is CNC(=O)NCCn1ccnn1. The van der Waals surface area contributed by atoms with E-state index in [0.29, 0.717) is 13.1 Å². The smallest absolute Gasteiger partial charge is 0.314 e. The van der Waals surface area contributed by atoms with E-state index in [-0.39, 0.29) is 6.03 Å². The molecule has 0 aliphatic heterocycles. The Hall–Kier alpha value is -1.59. The van der Waals surface area contributed by atoms with Crippen molar-refractivity contribution in [3.05, 3.63) is 12.4 Å². The van der Waals surface area contributed by atoms with Gasteiger partial charge in [0.15, 0.2) is 0 Å². The van der Waals surface area contributed by atoms with Gasteiger partial charge in [0, 0.05) is 19.8 Å². The molecule has 1 aromatic heterocycles. The highest BCUT2D eigenvalue weighted by molar-refractivity contribution is 5.73. The summed E-state index contributed by atoms with van der Waals surface area (Å²) >= 11 is 0. The molecule has 0 atom stereocenters. The van der Waals surface area contributed by atoms with Gasteiger partial charge in [-0.3, -0.25) is 4.68 Å². The van der Waals surface area contributed by atoms with Crippen LogP contribution in [0, 0.1) is 0 Å². The van der Waals surface area contributed by atoms with Crippen molar-refractivity contribution in [2.45, 2.75) is 6.54 Å². The van der Waals surface area contributed by atoms with Gasteiger partial charge >= 0.3 is 6.03 Å². The zero-order valence-corrected chi connectivity index (χ0v) is 6.82. The summed E-state index contributed by atoms with van der Waals surface area (Å²) in [7, 11) is 1.57. The molecule has 1 rings (SSSR count). The fourth-order valence-electron chi connectivity index (χ4n) is 0.724. The second-order valence-electron chi connectivity index (χ2n) is 2.17. The largest absolute Gasteiger partial charge is 0.341 e. The Morgan fingerprint density at radius 1 is 1.67 bits per heavy atom. The van der Waals surface area contributed by atoms with Crippen molar-refractivity contribution < 1.29 is 4.79 Å². The Morgan fingerprint density at radius 2 is 2.50 bits per heavy atom. The topological polar surface area (TPSA) is 71.8 Å². The third kappa shape index (κ3) is 2.57. The molecule has 12 heavy (non-hydrogen) atoms. The van der Waals surface area contributed by atoms with E-state index in [4.69, 9.17) is 0 Å². The summed E-state index contributed by atoms with van der Waals surface area (Å²) in [5, 5.41) is 12.4. The summed E-state index contributed by atoms with van der Waals surface area (Å²) in [6.07, 6.45) is 3.34. The number of nitrogens with zero attached hydrogens (tertiary/aromatic N) is 3. The first-order valence-corrected chi connectivity index (χ1v) is 3.62. The minimum atomic E-state index is -0.185. The van der Waals surface area contributed by atoms with Gasteiger partial charge in [-0.25, -0.2) is 4.79 Å². The van der Waals surface area contributed by atoms with E-state index in [1.54, 1.807) is 24.1 Å². The molecule has 1 aromatic rings. The molecule has 0 aromatic carbocycles. The Balaban J connectivity index is 2.15. The van der Waals surface area contributed by atoms with Crippen LogP contribution in [0.15, 0.2) is 12.4 Å². The Kier molecular flexibility index (Phi) is 3.06.